The highest BCUT2D eigenvalue weighted by molar-refractivity contribution is 6.34. The van der Waals surface area contributed by atoms with Crippen molar-refractivity contribution in [2.45, 2.75) is 33.7 Å². The van der Waals surface area contributed by atoms with E-state index in [0.29, 0.717) is 21.3 Å². The molecule has 2 aromatic carbocycles. The Morgan fingerprint density at radius 2 is 1.71 bits per heavy atom. The van der Waals surface area contributed by atoms with Gasteiger partial charge in [-0.3, -0.25) is 4.79 Å². The number of rotatable bonds is 5. The predicted molar refractivity (Wildman–Crippen MR) is 140 cm³/mol. The number of benzene rings is 2. The van der Waals surface area contributed by atoms with E-state index in [-0.39, 0.29) is 17.5 Å². The van der Waals surface area contributed by atoms with Crippen molar-refractivity contribution in [3.63, 3.8) is 0 Å². The van der Waals surface area contributed by atoms with Crippen LogP contribution in [0.25, 0.3) is 11.8 Å². The lowest BCUT2D eigenvalue weighted by molar-refractivity contribution is -0.136. The minimum absolute atomic E-state index is 0.246. The molecule has 7 heteroatoms. The number of aryl methyl sites for hydroxylation is 1. The molecular weight excluding hydrogens is 483 g/mol. The van der Waals surface area contributed by atoms with Crippen LogP contribution in [0, 0.1) is 13.8 Å². The predicted octanol–water partition coefficient (Wildman–Crippen LogP) is 6.83. The van der Waals surface area contributed by atoms with Gasteiger partial charge in [-0.15, -0.1) is 0 Å². The second kappa shape index (κ2) is 9.76. The number of carbonyl (C=O) groups is 2. The van der Waals surface area contributed by atoms with Crippen molar-refractivity contribution in [1.82, 2.24) is 9.47 Å². The number of aromatic nitrogens is 1. The molecule has 1 aliphatic heterocycles. The van der Waals surface area contributed by atoms with E-state index in [1.807, 2.05) is 61.7 Å². The molecule has 2 heterocycles. The average molecular weight is 509 g/mol. The standard InChI is InChI=1S/C28H26Cl2N2O3/c1-16-13-21(18(3)31(16)25-15-22(29)11-12-24(25)30)14-23-26(28(34)35-5)19(4)32(27(23)33)17(2)20-9-7-6-8-10-20/h6-15,17H,1-5H3/b23-14-/t17-/m0/s1. The maximum absolute atomic E-state index is 13.7. The molecule has 0 fully saturated rings. The third kappa shape index (κ3) is 4.42. The van der Waals surface area contributed by atoms with Crippen LogP contribution in [0.5, 0.6) is 0 Å². The number of esters is 1. The summed E-state index contributed by atoms with van der Waals surface area (Å²) in [6.45, 7) is 7.62. The van der Waals surface area contributed by atoms with Gasteiger partial charge in [-0.25, -0.2) is 4.79 Å². The van der Waals surface area contributed by atoms with E-state index in [9.17, 15) is 9.59 Å². The van der Waals surface area contributed by atoms with Crippen LogP contribution in [0.4, 0.5) is 0 Å². The molecule has 1 amide bonds. The van der Waals surface area contributed by atoms with E-state index in [4.69, 9.17) is 27.9 Å². The molecule has 180 valence electrons. The van der Waals surface area contributed by atoms with Crippen LogP contribution < -0.4 is 0 Å². The Kier molecular flexibility index (Phi) is 6.93. The van der Waals surface area contributed by atoms with Gasteiger partial charge in [-0.05, 0) is 69.2 Å². The molecule has 0 bridgehead atoms. The second-order valence-electron chi connectivity index (χ2n) is 8.53. The lowest BCUT2D eigenvalue weighted by Crippen LogP contribution is -2.28. The Labute approximate surface area is 215 Å². The minimum Gasteiger partial charge on any atom is -0.465 e. The highest BCUT2D eigenvalue weighted by Gasteiger charge is 2.39. The first kappa shape index (κ1) is 24.8. The third-order valence-electron chi connectivity index (χ3n) is 6.42. The van der Waals surface area contributed by atoms with Gasteiger partial charge >= 0.3 is 5.97 Å². The number of methoxy groups -OCH3 is 1. The van der Waals surface area contributed by atoms with Crippen molar-refractivity contribution in [3.05, 3.63) is 104 Å². The van der Waals surface area contributed by atoms with Gasteiger partial charge in [-0.1, -0.05) is 53.5 Å². The molecule has 0 radical (unpaired) electrons. The van der Waals surface area contributed by atoms with Crippen molar-refractivity contribution >= 4 is 41.2 Å². The summed E-state index contributed by atoms with van der Waals surface area (Å²) in [5.74, 6) is -0.790. The highest BCUT2D eigenvalue weighted by Crippen LogP contribution is 2.38. The maximum Gasteiger partial charge on any atom is 0.340 e. The summed E-state index contributed by atoms with van der Waals surface area (Å²) >= 11 is 12.7. The van der Waals surface area contributed by atoms with E-state index in [0.717, 1.165) is 28.2 Å². The lowest BCUT2D eigenvalue weighted by atomic mass is 10.0. The van der Waals surface area contributed by atoms with Crippen LogP contribution in [0.15, 0.2) is 71.4 Å². The summed E-state index contributed by atoms with van der Waals surface area (Å²) in [5.41, 5.74) is 5.43. The molecule has 0 saturated carbocycles. The summed E-state index contributed by atoms with van der Waals surface area (Å²) in [6, 6.07) is 16.7. The molecule has 0 N–H and O–H groups in total. The van der Waals surface area contributed by atoms with E-state index in [1.54, 1.807) is 36.1 Å². The summed E-state index contributed by atoms with van der Waals surface area (Å²) in [6.07, 6.45) is 1.76. The Hall–Kier alpha value is -3.28. The first-order chi connectivity index (χ1) is 16.6. The smallest absolute Gasteiger partial charge is 0.340 e. The van der Waals surface area contributed by atoms with Gasteiger partial charge < -0.3 is 14.2 Å². The van der Waals surface area contributed by atoms with E-state index in [1.165, 1.54) is 7.11 Å². The van der Waals surface area contributed by atoms with Crippen LogP contribution >= 0.6 is 23.2 Å². The third-order valence-corrected chi connectivity index (χ3v) is 6.97. The Bertz CT molecular complexity index is 1390. The molecule has 4 rings (SSSR count). The number of ether oxygens (including phenoxy) is 1. The monoisotopic (exact) mass is 508 g/mol. The second-order valence-corrected chi connectivity index (χ2v) is 9.37. The van der Waals surface area contributed by atoms with Gasteiger partial charge in [0.25, 0.3) is 5.91 Å². The molecule has 1 atom stereocenters. The molecule has 1 aromatic heterocycles. The zero-order chi connectivity index (χ0) is 25.4. The van der Waals surface area contributed by atoms with E-state index >= 15 is 0 Å². The molecule has 0 saturated heterocycles. The van der Waals surface area contributed by atoms with E-state index < -0.39 is 5.97 Å². The summed E-state index contributed by atoms with van der Waals surface area (Å²) in [7, 11) is 1.32. The number of hydrogen-bond acceptors (Lipinski definition) is 3. The summed E-state index contributed by atoms with van der Waals surface area (Å²) < 4.78 is 7.04. The van der Waals surface area contributed by atoms with Crippen LogP contribution in [0.3, 0.4) is 0 Å². The SMILES string of the molecule is COC(=O)C1=C(C)N([C@@H](C)c2ccccc2)C(=O)/C1=C\c1cc(C)n(-c2cc(Cl)ccc2Cl)c1C. The highest BCUT2D eigenvalue weighted by atomic mass is 35.5. The van der Waals surface area contributed by atoms with Crippen LogP contribution in [0.1, 0.15) is 42.4 Å². The number of halogens is 2. The summed E-state index contributed by atoms with van der Waals surface area (Å²) in [4.78, 5) is 28.2. The largest absolute Gasteiger partial charge is 0.465 e. The molecule has 3 aromatic rings. The van der Waals surface area contributed by atoms with Gasteiger partial charge in [-0.2, -0.15) is 0 Å². The average Bonchev–Trinajstić information content (AvgIpc) is 3.26. The number of nitrogens with zero attached hydrogens (tertiary/aromatic N) is 2. The van der Waals surface area contributed by atoms with Gasteiger partial charge in [0.2, 0.25) is 0 Å². The fourth-order valence-corrected chi connectivity index (χ4v) is 5.03. The first-order valence-electron chi connectivity index (χ1n) is 11.2. The topological polar surface area (TPSA) is 51.5 Å². The molecule has 0 aliphatic carbocycles. The van der Waals surface area contributed by atoms with Gasteiger partial charge in [0.05, 0.1) is 35.0 Å². The van der Waals surface area contributed by atoms with Gasteiger partial charge in [0.15, 0.2) is 0 Å². The number of hydrogen-bond donors (Lipinski definition) is 0. The fourth-order valence-electron chi connectivity index (χ4n) is 4.66. The van der Waals surface area contributed by atoms with Gasteiger partial charge in [0, 0.05) is 22.1 Å². The zero-order valence-corrected chi connectivity index (χ0v) is 21.7. The number of carbonyl (C=O) groups excluding carboxylic acids is 2. The normalized spacial score (nSPS) is 15.8. The van der Waals surface area contributed by atoms with Crippen LogP contribution in [0.2, 0.25) is 10.0 Å². The molecule has 5 nitrogen and oxygen atoms in total. The quantitative estimate of drug-likeness (QED) is 0.280. The van der Waals surface area contributed by atoms with Crippen molar-refractivity contribution in [2.24, 2.45) is 0 Å². The molecular formula is C28H26Cl2N2O3. The zero-order valence-electron chi connectivity index (χ0n) is 20.2. The van der Waals surface area contributed by atoms with Gasteiger partial charge in [0.1, 0.15) is 0 Å². The van der Waals surface area contributed by atoms with Crippen molar-refractivity contribution in [3.8, 4) is 5.69 Å². The Morgan fingerprint density at radius 3 is 2.37 bits per heavy atom. The maximum atomic E-state index is 13.7. The number of allylic oxidation sites excluding steroid dienone is 1. The fraction of sp³-hybridized carbons (Fsp3) is 0.214. The van der Waals surface area contributed by atoms with Crippen molar-refractivity contribution < 1.29 is 14.3 Å². The van der Waals surface area contributed by atoms with Crippen LogP contribution in [-0.2, 0) is 14.3 Å². The Morgan fingerprint density at radius 1 is 1.03 bits per heavy atom. The van der Waals surface area contributed by atoms with Crippen LogP contribution in [-0.4, -0.2) is 28.5 Å². The molecule has 0 unspecified atom stereocenters. The minimum atomic E-state index is -0.545. The molecule has 1 aliphatic rings. The first-order valence-corrected chi connectivity index (χ1v) is 12.0. The summed E-state index contributed by atoms with van der Waals surface area (Å²) in [5, 5.41) is 1.13. The number of amides is 1. The lowest BCUT2D eigenvalue weighted by Gasteiger charge is -2.26. The van der Waals surface area contributed by atoms with Crippen molar-refractivity contribution in [2.75, 3.05) is 7.11 Å². The van der Waals surface area contributed by atoms with Crippen molar-refractivity contribution in [1.29, 1.82) is 0 Å². The Balaban J connectivity index is 1.84. The molecule has 0 spiro atoms. The molecule has 35 heavy (non-hydrogen) atoms. The van der Waals surface area contributed by atoms with E-state index in [2.05, 4.69) is 0 Å².